The molecule has 0 spiro atoms. The number of amides is 1. The molecule has 0 radical (unpaired) electrons. The number of benzene rings is 2. The highest BCUT2D eigenvalue weighted by molar-refractivity contribution is 6.11. The fourth-order valence-electron chi connectivity index (χ4n) is 3.35. The normalized spacial score (nSPS) is 11.0. The highest BCUT2D eigenvalue weighted by Gasteiger charge is 2.17. The first kappa shape index (κ1) is 20.3. The fourth-order valence-corrected chi connectivity index (χ4v) is 3.35. The molecular weight excluding hydrogens is 398 g/mol. The molecule has 158 valence electrons. The summed E-state index contributed by atoms with van der Waals surface area (Å²) < 4.78 is 5.90. The van der Waals surface area contributed by atoms with Crippen molar-refractivity contribution in [3.63, 3.8) is 0 Å². The first-order chi connectivity index (χ1) is 15.1. The number of hydrogen-bond acceptors (Lipinski definition) is 6. The van der Waals surface area contributed by atoms with E-state index in [0.717, 1.165) is 19.3 Å². The van der Waals surface area contributed by atoms with Crippen LogP contribution in [0.1, 0.15) is 36.7 Å². The molecular formula is C22H21N5O4. The number of rotatable bonds is 7. The second kappa shape index (κ2) is 8.78. The maximum Gasteiger partial charge on any atom is 0.439 e. The monoisotopic (exact) mass is 419 g/mol. The Hall–Kier alpha value is -4.01. The molecule has 2 aromatic heterocycles. The maximum absolute atomic E-state index is 13.1. The van der Waals surface area contributed by atoms with Crippen molar-refractivity contribution in [2.24, 2.45) is 0 Å². The molecule has 9 heteroatoms. The van der Waals surface area contributed by atoms with Crippen molar-refractivity contribution in [3.05, 3.63) is 75.1 Å². The minimum Gasteiger partial charge on any atom is -0.321 e. The standard InChI is InChI=1S/C22H21N5O4/c1-2-3-6-12-27-21(29)17-11-5-4-10-16(17)18(25-27)20(28)23-15-9-7-8-14(13-15)19-24-22(30)31-26-19/h4-5,7-11,13H,2-3,6,12H2,1H3,(H,23,28)(H,24,26,30). The van der Waals surface area contributed by atoms with Crippen LogP contribution in [-0.2, 0) is 6.54 Å². The number of carbonyl (C=O) groups excluding carboxylic acids is 1. The Morgan fingerprint density at radius 3 is 2.65 bits per heavy atom. The lowest BCUT2D eigenvalue weighted by atomic mass is 10.1. The maximum atomic E-state index is 13.1. The Balaban J connectivity index is 1.68. The molecule has 0 aliphatic carbocycles. The molecule has 0 saturated carbocycles. The summed E-state index contributed by atoms with van der Waals surface area (Å²) in [5, 5.41) is 11.8. The van der Waals surface area contributed by atoms with E-state index in [2.05, 4.69) is 32.0 Å². The van der Waals surface area contributed by atoms with E-state index < -0.39 is 11.7 Å². The van der Waals surface area contributed by atoms with Gasteiger partial charge in [0.15, 0.2) is 11.5 Å². The predicted molar refractivity (Wildman–Crippen MR) is 116 cm³/mol. The molecule has 0 fully saturated rings. The van der Waals surface area contributed by atoms with Gasteiger partial charge in [0, 0.05) is 23.2 Å². The van der Waals surface area contributed by atoms with E-state index in [4.69, 9.17) is 0 Å². The van der Waals surface area contributed by atoms with E-state index in [1.807, 2.05) is 0 Å². The number of nitrogens with one attached hydrogen (secondary N) is 2. The van der Waals surface area contributed by atoms with Crippen LogP contribution in [-0.4, -0.2) is 25.8 Å². The van der Waals surface area contributed by atoms with E-state index in [9.17, 15) is 14.4 Å². The van der Waals surface area contributed by atoms with Crippen LogP contribution in [0.15, 0.2) is 62.6 Å². The lowest BCUT2D eigenvalue weighted by molar-refractivity contribution is 0.102. The van der Waals surface area contributed by atoms with Gasteiger partial charge in [-0.1, -0.05) is 55.3 Å². The average Bonchev–Trinajstić information content (AvgIpc) is 3.22. The van der Waals surface area contributed by atoms with Gasteiger partial charge in [0.2, 0.25) is 0 Å². The summed E-state index contributed by atoms with van der Waals surface area (Å²) in [6.45, 7) is 2.53. The lowest BCUT2D eigenvalue weighted by Crippen LogP contribution is -2.27. The molecule has 9 nitrogen and oxygen atoms in total. The SMILES string of the molecule is CCCCCn1nc(C(=O)Nc2cccc(-c3noc(=O)[nH]3)c2)c2ccccc2c1=O. The Morgan fingerprint density at radius 2 is 1.90 bits per heavy atom. The highest BCUT2D eigenvalue weighted by atomic mass is 16.5. The molecule has 2 aromatic carbocycles. The van der Waals surface area contributed by atoms with Gasteiger partial charge in [-0.2, -0.15) is 5.10 Å². The number of H-pyrrole nitrogens is 1. The van der Waals surface area contributed by atoms with Crippen LogP contribution >= 0.6 is 0 Å². The predicted octanol–water partition coefficient (Wildman–Crippen LogP) is 3.18. The average molecular weight is 419 g/mol. The van der Waals surface area contributed by atoms with Crippen molar-refractivity contribution in [1.29, 1.82) is 0 Å². The number of nitrogens with zero attached hydrogens (tertiary/aromatic N) is 3. The van der Waals surface area contributed by atoms with Gasteiger partial charge in [0.05, 0.1) is 5.39 Å². The zero-order valence-corrected chi connectivity index (χ0v) is 16.9. The molecule has 0 saturated heterocycles. The molecule has 0 atom stereocenters. The summed E-state index contributed by atoms with van der Waals surface area (Å²) in [4.78, 5) is 39.5. The van der Waals surface area contributed by atoms with Crippen LogP contribution in [0.4, 0.5) is 5.69 Å². The number of aromatic amines is 1. The van der Waals surface area contributed by atoms with Crippen molar-refractivity contribution >= 4 is 22.4 Å². The van der Waals surface area contributed by atoms with E-state index in [1.54, 1.807) is 48.5 Å². The molecule has 0 aliphatic rings. The molecule has 0 aliphatic heterocycles. The van der Waals surface area contributed by atoms with Crippen LogP contribution in [0.3, 0.4) is 0 Å². The van der Waals surface area contributed by atoms with Crippen LogP contribution in [0, 0.1) is 0 Å². The number of hydrogen-bond donors (Lipinski definition) is 2. The van der Waals surface area contributed by atoms with Gasteiger partial charge < -0.3 is 5.32 Å². The quantitative estimate of drug-likeness (QED) is 0.444. The third-order valence-corrected chi connectivity index (χ3v) is 4.89. The third kappa shape index (κ3) is 4.30. The Morgan fingerprint density at radius 1 is 1.10 bits per heavy atom. The Bertz CT molecular complexity index is 1350. The van der Waals surface area contributed by atoms with Crippen LogP contribution in [0.5, 0.6) is 0 Å². The van der Waals surface area contributed by atoms with Gasteiger partial charge in [-0.15, -0.1) is 0 Å². The van der Waals surface area contributed by atoms with Gasteiger partial charge in [0.25, 0.3) is 11.5 Å². The van der Waals surface area contributed by atoms with Gasteiger partial charge >= 0.3 is 5.76 Å². The molecule has 2 heterocycles. The molecule has 1 amide bonds. The number of carbonyl (C=O) groups is 1. The van der Waals surface area contributed by atoms with E-state index >= 15 is 0 Å². The largest absolute Gasteiger partial charge is 0.439 e. The van der Waals surface area contributed by atoms with Crippen molar-refractivity contribution in [1.82, 2.24) is 19.9 Å². The Labute approximate surface area is 176 Å². The number of aromatic nitrogens is 4. The summed E-state index contributed by atoms with van der Waals surface area (Å²) in [7, 11) is 0. The Kier molecular flexibility index (Phi) is 5.74. The summed E-state index contributed by atoms with van der Waals surface area (Å²) >= 11 is 0. The van der Waals surface area contributed by atoms with Gasteiger partial charge in [0.1, 0.15) is 0 Å². The summed E-state index contributed by atoms with van der Waals surface area (Å²) in [5.41, 5.74) is 1.03. The van der Waals surface area contributed by atoms with Crippen LogP contribution in [0.25, 0.3) is 22.2 Å². The van der Waals surface area contributed by atoms with Gasteiger partial charge in [-0.25, -0.2) is 9.48 Å². The van der Waals surface area contributed by atoms with Crippen molar-refractivity contribution in [2.45, 2.75) is 32.7 Å². The first-order valence-electron chi connectivity index (χ1n) is 10.0. The number of fused-ring (bicyclic) bond motifs is 1. The second-order valence-corrected chi connectivity index (χ2v) is 7.11. The minimum atomic E-state index is -0.662. The topological polar surface area (TPSA) is 123 Å². The fraction of sp³-hybridized carbons (Fsp3) is 0.227. The van der Waals surface area contributed by atoms with Crippen molar-refractivity contribution < 1.29 is 9.32 Å². The van der Waals surface area contributed by atoms with Crippen LogP contribution < -0.4 is 16.6 Å². The van der Waals surface area contributed by atoms with Crippen LogP contribution in [0.2, 0.25) is 0 Å². The molecule has 31 heavy (non-hydrogen) atoms. The summed E-state index contributed by atoms with van der Waals surface area (Å²) in [6, 6.07) is 13.8. The van der Waals surface area contributed by atoms with Crippen molar-refractivity contribution in [2.75, 3.05) is 5.32 Å². The summed E-state index contributed by atoms with van der Waals surface area (Å²) in [6.07, 6.45) is 2.79. The number of unbranched alkanes of at least 4 members (excludes halogenated alkanes) is 2. The zero-order valence-electron chi connectivity index (χ0n) is 16.9. The lowest BCUT2D eigenvalue weighted by Gasteiger charge is -2.11. The molecule has 4 aromatic rings. The second-order valence-electron chi connectivity index (χ2n) is 7.11. The molecule has 4 rings (SSSR count). The molecule has 0 unspecified atom stereocenters. The zero-order chi connectivity index (χ0) is 21.8. The smallest absolute Gasteiger partial charge is 0.321 e. The van der Waals surface area contributed by atoms with E-state index in [-0.39, 0.29) is 17.1 Å². The van der Waals surface area contributed by atoms with Gasteiger partial charge in [-0.3, -0.25) is 19.1 Å². The van der Waals surface area contributed by atoms with E-state index in [1.165, 1.54) is 4.68 Å². The minimum absolute atomic E-state index is 0.173. The number of anilines is 1. The highest BCUT2D eigenvalue weighted by Crippen LogP contribution is 2.20. The first-order valence-corrected chi connectivity index (χ1v) is 10.0. The molecule has 2 N–H and O–H groups in total. The van der Waals surface area contributed by atoms with Crippen molar-refractivity contribution in [3.8, 4) is 11.4 Å². The van der Waals surface area contributed by atoms with Gasteiger partial charge in [-0.05, 0) is 24.6 Å². The molecule has 0 bridgehead atoms. The third-order valence-electron chi connectivity index (χ3n) is 4.89. The summed E-state index contributed by atoms with van der Waals surface area (Å²) in [5.74, 6) is -0.842. The number of aryl methyl sites for hydroxylation is 1. The van der Waals surface area contributed by atoms with E-state index in [0.29, 0.717) is 28.6 Å².